The molecule has 24 heavy (non-hydrogen) atoms. The van der Waals surface area contributed by atoms with Gasteiger partial charge in [0.15, 0.2) is 5.96 Å². The lowest BCUT2D eigenvalue weighted by molar-refractivity contribution is 0.299. The molecule has 2 aromatic heterocycles. The summed E-state index contributed by atoms with van der Waals surface area (Å²) in [6.07, 6.45) is 3.61. The van der Waals surface area contributed by atoms with E-state index in [2.05, 4.69) is 63.0 Å². The van der Waals surface area contributed by atoms with Gasteiger partial charge < -0.3 is 15.5 Å². The Morgan fingerprint density at radius 1 is 1.38 bits per heavy atom. The van der Waals surface area contributed by atoms with Crippen molar-refractivity contribution in [3.05, 3.63) is 65.1 Å². The zero-order valence-corrected chi connectivity index (χ0v) is 15.1. The standard InChI is InChI=1S/C18H25N5S/c1-4-9-20-18(21-12-16-7-5-6-10-19-16)22-13-17(23(2)3)15-8-11-24-14-15/h4-8,10-11,14,17H,1,9,12-13H2,2-3H3,(H2,20,21,22). The van der Waals surface area contributed by atoms with Crippen molar-refractivity contribution in [3.63, 3.8) is 0 Å². The first-order valence-corrected chi connectivity index (χ1v) is 8.86. The number of hydrogen-bond acceptors (Lipinski definition) is 4. The summed E-state index contributed by atoms with van der Waals surface area (Å²) in [5.41, 5.74) is 2.25. The molecule has 5 nitrogen and oxygen atoms in total. The minimum Gasteiger partial charge on any atom is -0.354 e. The smallest absolute Gasteiger partial charge is 0.191 e. The fourth-order valence-electron chi connectivity index (χ4n) is 2.25. The molecular weight excluding hydrogens is 318 g/mol. The van der Waals surface area contributed by atoms with Gasteiger partial charge in [0.2, 0.25) is 0 Å². The van der Waals surface area contributed by atoms with Crippen LogP contribution in [-0.2, 0) is 6.54 Å². The third-order valence-corrected chi connectivity index (χ3v) is 4.25. The molecule has 1 atom stereocenters. The van der Waals surface area contributed by atoms with Gasteiger partial charge in [-0.25, -0.2) is 4.99 Å². The number of aromatic nitrogens is 1. The Morgan fingerprint density at radius 3 is 2.88 bits per heavy atom. The minimum absolute atomic E-state index is 0.293. The number of likely N-dealkylation sites (N-methyl/N-ethyl adjacent to an activating group) is 1. The molecule has 0 fully saturated rings. The Labute approximate surface area is 148 Å². The highest BCUT2D eigenvalue weighted by atomic mass is 32.1. The van der Waals surface area contributed by atoms with Crippen LogP contribution in [0.15, 0.2) is 58.9 Å². The third kappa shape index (κ3) is 5.79. The van der Waals surface area contributed by atoms with Gasteiger partial charge in [-0.05, 0) is 48.6 Å². The second kappa shape index (κ2) is 9.85. The number of guanidine groups is 1. The maximum Gasteiger partial charge on any atom is 0.191 e. The van der Waals surface area contributed by atoms with Crippen molar-refractivity contribution in [2.24, 2.45) is 4.99 Å². The molecule has 1 unspecified atom stereocenters. The van der Waals surface area contributed by atoms with Crippen LogP contribution in [0.25, 0.3) is 0 Å². The van der Waals surface area contributed by atoms with E-state index in [0.717, 1.165) is 18.2 Å². The van der Waals surface area contributed by atoms with Gasteiger partial charge >= 0.3 is 0 Å². The van der Waals surface area contributed by atoms with E-state index in [1.807, 2.05) is 24.3 Å². The molecule has 128 valence electrons. The summed E-state index contributed by atoms with van der Waals surface area (Å²) in [6, 6.07) is 8.31. The van der Waals surface area contributed by atoms with Gasteiger partial charge in [-0.3, -0.25) is 4.98 Å². The zero-order chi connectivity index (χ0) is 17.2. The van der Waals surface area contributed by atoms with E-state index >= 15 is 0 Å². The predicted molar refractivity (Wildman–Crippen MR) is 102 cm³/mol. The topological polar surface area (TPSA) is 52.6 Å². The fourth-order valence-corrected chi connectivity index (χ4v) is 2.96. The molecular formula is C18H25N5S. The first-order chi connectivity index (χ1) is 11.7. The number of aliphatic imine (C=N–C) groups is 1. The molecule has 2 N–H and O–H groups in total. The molecule has 0 aliphatic rings. The second-order valence-electron chi connectivity index (χ2n) is 5.57. The van der Waals surface area contributed by atoms with Gasteiger partial charge in [0.1, 0.15) is 0 Å². The molecule has 0 saturated carbocycles. The van der Waals surface area contributed by atoms with E-state index in [1.165, 1.54) is 5.56 Å². The maximum atomic E-state index is 4.61. The van der Waals surface area contributed by atoms with Crippen molar-refractivity contribution in [1.82, 2.24) is 20.5 Å². The Hall–Kier alpha value is -2.18. The Balaban J connectivity index is 2.00. The molecule has 2 aromatic rings. The van der Waals surface area contributed by atoms with Crippen molar-refractivity contribution < 1.29 is 0 Å². The average molecular weight is 344 g/mol. The van der Waals surface area contributed by atoms with Crippen molar-refractivity contribution in [2.75, 3.05) is 27.2 Å². The molecule has 0 spiro atoms. The first kappa shape index (κ1) is 18.2. The number of rotatable bonds is 8. The minimum atomic E-state index is 0.293. The molecule has 0 amide bonds. The largest absolute Gasteiger partial charge is 0.354 e. The normalized spacial score (nSPS) is 12.9. The lowest BCUT2D eigenvalue weighted by Crippen LogP contribution is -2.41. The number of hydrogen-bond donors (Lipinski definition) is 2. The summed E-state index contributed by atoms with van der Waals surface area (Å²) < 4.78 is 0. The first-order valence-electron chi connectivity index (χ1n) is 7.92. The highest BCUT2D eigenvalue weighted by Crippen LogP contribution is 2.19. The van der Waals surface area contributed by atoms with Crippen molar-refractivity contribution in [2.45, 2.75) is 12.6 Å². The van der Waals surface area contributed by atoms with Crippen LogP contribution in [0, 0.1) is 0 Å². The second-order valence-corrected chi connectivity index (χ2v) is 6.35. The highest BCUT2D eigenvalue weighted by Gasteiger charge is 2.14. The summed E-state index contributed by atoms with van der Waals surface area (Å²) in [5.74, 6) is 0.766. The summed E-state index contributed by atoms with van der Waals surface area (Å²) in [6.45, 7) is 5.73. The maximum absolute atomic E-state index is 4.61. The third-order valence-electron chi connectivity index (χ3n) is 3.55. The van der Waals surface area contributed by atoms with Crippen LogP contribution in [0.1, 0.15) is 17.3 Å². The lowest BCUT2D eigenvalue weighted by atomic mass is 10.1. The van der Waals surface area contributed by atoms with Gasteiger partial charge in [0, 0.05) is 19.3 Å². The molecule has 0 saturated heterocycles. The number of pyridine rings is 1. The van der Waals surface area contributed by atoms with Crippen LogP contribution in [0.4, 0.5) is 0 Å². The molecule has 0 aliphatic carbocycles. The molecule has 0 radical (unpaired) electrons. The average Bonchev–Trinajstić information content (AvgIpc) is 3.11. The fraction of sp³-hybridized carbons (Fsp3) is 0.333. The van der Waals surface area contributed by atoms with E-state index in [-0.39, 0.29) is 0 Å². The van der Waals surface area contributed by atoms with Gasteiger partial charge in [-0.2, -0.15) is 11.3 Å². The van der Waals surface area contributed by atoms with Crippen molar-refractivity contribution >= 4 is 17.3 Å². The van der Waals surface area contributed by atoms with Crippen LogP contribution in [0.5, 0.6) is 0 Å². The van der Waals surface area contributed by atoms with Gasteiger partial charge in [0.05, 0.1) is 18.3 Å². The van der Waals surface area contributed by atoms with Crippen molar-refractivity contribution in [3.8, 4) is 0 Å². The summed E-state index contributed by atoms with van der Waals surface area (Å²) in [5, 5.41) is 11.0. The monoisotopic (exact) mass is 343 g/mol. The van der Waals surface area contributed by atoms with Crippen LogP contribution < -0.4 is 10.6 Å². The van der Waals surface area contributed by atoms with Gasteiger partial charge in [-0.15, -0.1) is 6.58 Å². The number of thiophene rings is 1. The van der Waals surface area contributed by atoms with Crippen LogP contribution in [-0.4, -0.2) is 43.0 Å². The lowest BCUT2D eigenvalue weighted by Gasteiger charge is -2.25. The van der Waals surface area contributed by atoms with E-state index in [0.29, 0.717) is 19.1 Å². The van der Waals surface area contributed by atoms with Crippen LogP contribution in [0.3, 0.4) is 0 Å². The quantitative estimate of drug-likeness (QED) is 0.440. The Bertz CT molecular complexity index is 622. The van der Waals surface area contributed by atoms with Crippen LogP contribution >= 0.6 is 11.3 Å². The number of nitrogens with zero attached hydrogens (tertiary/aromatic N) is 3. The Kier molecular flexibility index (Phi) is 7.45. The Morgan fingerprint density at radius 2 is 2.25 bits per heavy atom. The van der Waals surface area contributed by atoms with E-state index in [9.17, 15) is 0 Å². The highest BCUT2D eigenvalue weighted by molar-refractivity contribution is 7.07. The van der Waals surface area contributed by atoms with E-state index in [1.54, 1.807) is 17.5 Å². The zero-order valence-electron chi connectivity index (χ0n) is 14.3. The predicted octanol–water partition coefficient (Wildman–Crippen LogP) is 2.67. The van der Waals surface area contributed by atoms with E-state index in [4.69, 9.17) is 0 Å². The van der Waals surface area contributed by atoms with Gasteiger partial charge in [0.25, 0.3) is 0 Å². The summed E-state index contributed by atoms with van der Waals surface area (Å²) >= 11 is 1.72. The van der Waals surface area contributed by atoms with Crippen LogP contribution in [0.2, 0.25) is 0 Å². The molecule has 2 heterocycles. The molecule has 6 heteroatoms. The summed E-state index contributed by atoms with van der Waals surface area (Å²) in [4.78, 5) is 11.1. The molecule has 0 bridgehead atoms. The molecule has 0 aromatic carbocycles. The molecule has 2 rings (SSSR count). The SMILES string of the molecule is C=CCNC(=NCc1ccccn1)NCC(c1ccsc1)N(C)C. The molecule has 0 aliphatic heterocycles. The summed E-state index contributed by atoms with van der Waals surface area (Å²) in [7, 11) is 4.18. The van der Waals surface area contributed by atoms with E-state index < -0.39 is 0 Å². The van der Waals surface area contributed by atoms with Crippen molar-refractivity contribution in [1.29, 1.82) is 0 Å². The number of nitrogens with one attached hydrogen (secondary N) is 2. The van der Waals surface area contributed by atoms with Gasteiger partial charge in [-0.1, -0.05) is 12.1 Å².